The average Bonchev–Trinajstić information content (AvgIpc) is 2.75. The summed E-state index contributed by atoms with van der Waals surface area (Å²) in [6, 6.07) is 9.61. The molecule has 0 bridgehead atoms. The Bertz CT molecular complexity index is 1010. The minimum Gasteiger partial charge on any atom is -0.489 e. The topological polar surface area (TPSA) is 94.2 Å². The maximum Gasteiger partial charge on any atom is 0.262 e. The number of nitrogens with zero attached hydrogens (tertiary/aromatic N) is 1. The Labute approximate surface area is 181 Å². The first-order valence-electron chi connectivity index (χ1n) is 9.82. The first-order valence-corrected chi connectivity index (χ1v) is 11.3. The van der Waals surface area contributed by atoms with Crippen LogP contribution in [0.3, 0.4) is 0 Å². The molecule has 1 N–H and O–H groups in total. The second-order valence-corrected chi connectivity index (χ2v) is 9.07. The fourth-order valence-corrected chi connectivity index (χ4v) is 4.36. The Morgan fingerprint density at radius 3 is 2.48 bits per heavy atom. The van der Waals surface area contributed by atoms with Crippen molar-refractivity contribution in [3.05, 3.63) is 48.3 Å². The number of nitrogens with one attached hydrogen (secondary N) is 1. The summed E-state index contributed by atoms with van der Waals surface area (Å²) in [7, 11) is -3.75. The van der Waals surface area contributed by atoms with E-state index in [4.69, 9.17) is 14.2 Å². The van der Waals surface area contributed by atoms with Crippen molar-refractivity contribution in [2.45, 2.75) is 24.8 Å². The van der Waals surface area contributed by atoms with E-state index in [1.54, 1.807) is 0 Å². The highest BCUT2D eigenvalue weighted by molar-refractivity contribution is 7.89. The molecule has 1 fully saturated rings. The lowest BCUT2D eigenvalue weighted by Gasteiger charge is -2.26. The number of anilines is 1. The van der Waals surface area contributed by atoms with Crippen molar-refractivity contribution in [3.63, 3.8) is 0 Å². The molecule has 0 spiro atoms. The van der Waals surface area contributed by atoms with Gasteiger partial charge in [0.2, 0.25) is 10.0 Å². The minimum atomic E-state index is -3.75. The van der Waals surface area contributed by atoms with Gasteiger partial charge in [-0.3, -0.25) is 4.79 Å². The van der Waals surface area contributed by atoms with Crippen LogP contribution >= 0.6 is 0 Å². The van der Waals surface area contributed by atoms with Crippen LogP contribution in [0.1, 0.15) is 13.8 Å². The standard InChI is InChI=1S/C21H25FN2O6S/c1-15(2)30-20-8-7-18(31(26,27)24-9-11-28-12-10-24)13-19(20)23-21(25)14-29-17-5-3-16(22)4-6-17/h3-8,13,15H,9-12,14H2,1-2H3,(H,23,25). The van der Waals surface area contributed by atoms with Crippen molar-refractivity contribution in [1.29, 1.82) is 0 Å². The van der Waals surface area contributed by atoms with Gasteiger partial charge in [0.15, 0.2) is 6.61 Å². The number of morpholine rings is 1. The molecule has 2 aromatic carbocycles. The minimum absolute atomic E-state index is 0.0419. The van der Waals surface area contributed by atoms with Gasteiger partial charge in [0.1, 0.15) is 17.3 Å². The summed E-state index contributed by atoms with van der Waals surface area (Å²) in [4.78, 5) is 12.5. The lowest BCUT2D eigenvalue weighted by molar-refractivity contribution is -0.118. The van der Waals surface area contributed by atoms with Gasteiger partial charge in [-0.05, 0) is 56.3 Å². The summed E-state index contributed by atoms with van der Waals surface area (Å²) < 4.78 is 56.5. The lowest BCUT2D eigenvalue weighted by atomic mass is 10.3. The third kappa shape index (κ3) is 6.16. The van der Waals surface area contributed by atoms with Crippen molar-refractivity contribution in [2.75, 3.05) is 38.2 Å². The molecule has 1 amide bonds. The average molecular weight is 453 g/mol. The molecule has 3 rings (SSSR count). The second kappa shape index (κ2) is 10.1. The van der Waals surface area contributed by atoms with Gasteiger partial charge in [0.25, 0.3) is 5.91 Å². The van der Waals surface area contributed by atoms with E-state index in [9.17, 15) is 17.6 Å². The summed E-state index contributed by atoms with van der Waals surface area (Å²) in [6.45, 7) is 4.49. The van der Waals surface area contributed by atoms with Gasteiger partial charge in [-0.15, -0.1) is 0 Å². The van der Waals surface area contributed by atoms with Crippen molar-refractivity contribution in [1.82, 2.24) is 4.31 Å². The number of ether oxygens (including phenoxy) is 3. The smallest absolute Gasteiger partial charge is 0.262 e. The van der Waals surface area contributed by atoms with E-state index >= 15 is 0 Å². The van der Waals surface area contributed by atoms with Crippen LogP contribution in [0.15, 0.2) is 47.4 Å². The van der Waals surface area contributed by atoms with E-state index in [0.29, 0.717) is 24.7 Å². The van der Waals surface area contributed by atoms with E-state index in [2.05, 4.69) is 5.32 Å². The number of benzene rings is 2. The zero-order valence-electron chi connectivity index (χ0n) is 17.3. The van der Waals surface area contributed by atoms with E-state index < -0.39 is 21.7 Å². The molecule has 1 aliphatic heterocycles. The Balaban J connectivity index is 1.78. The molecule has 0 aliphatic carbocycles. The van der Waals surface area contributed by atoms with Gasteiger partial charge in [0.05, 0.1) is 29.9 Å². The third-order valence-electron chi connectivity index (χ3n) is 4.38. The monoisotopic (exact) mass is 452 g/mol. The molecular weight excluding hydrogens is 427 g/mol. The fourth-order valence-electron chi connectivity index (χ4n) is 2.93. The SMILES string of the molecule is CC(C)Oc1ccc(S(=O)(=O)N2CCOCC2)cc1NC(=O)COc1ccc(F)cc1. The Hall–Kier alpha value is -2.69. The number of hydrogen-bond acceptors (Lipinski definition) is 6. The molecule has 168 valence electrons. The molecule has 0 aromatic heterocycles. The van der Waals surface area contributed by atoms with E-state index in [-0.39, 0.29) is 36.4 Å². The predicted molar refractivity (Wildman–Crippen MR) is 112 cm³/mol. The number of rotatable bonds is 8. The summed E-state index contributed by atoms with van der Waals surface area (Å²) in [5, 5.41) is 2.64. The first kappa shape index (κ1) is 23.0. The highest BCUT2D eigenvalue weighted by Crippen LogP contribution is 2.30. The zero-order valence-corrected chi connectivity index (χ0v) is 18.2. The highest BCUT2D eigenvalue weighted by Gasteiger charge is 2.27. The number of sulfonamides is 1. The number of carbonyl (C=O) groups is 1. The summed E-state index contributed by atoms with van der Waals surface area (Å²) >= 11 is 0. The van der Waals surface area contributed by atoms with Crippen LogP contribution < -0.4 is 14.8 Å². The quantitative estimate of drug-likeness (QED) is 0.662. The predicted octanol–water partition coefficient (Wildman–Crippen LogP) is 2.65. The van der Waals surface area contributed by atoms with Gasteiger partial charge >= 0.3 is 0 Å². The summed E-state index contributed by atoms with van der Waals surface area (Å²) in [6.07, 6.45) is -0.187. The van der Waals surface area contributed by atoms with Crippen molar-refractivity contribution < 1.29 is 31.8 Å². The van der Waals surface area contributed by atoms with Crippen molar-refractivity contribution in [3.8, 4) is 11.5 Å². The second-order valence-electron chi connectivity index (χ2n) is 7.13. The van der Waals surface area contributed by atoms with Crippen LogP contribution in [-0.2, 0) is 19.6 Å². The van der Waals surface area contributed by atoms with Gasteiger partial charge in [0, 0.05) is 13.1 Å². The van der Waals surface area contributed by atoms with Crippen molar-refractivity contribution >= 4 is 21.6 Å². The molecule has 10 heteroatoms. The Kier molecular flexibility index (Phi) is 7.47. The largest absolute Gasteiger partial charge is 0.489 e. The van der Waals surface area contributed by atoms with Gasteiger partial charge in [-0.25, -0.2) is 12.8 Å². The Morgan fingerprint density at radius 2 is 1.84 bits per heavy atom. The molecular formula is C21H25FN2O6S. The molecule has 31 heavy (non-hydrogen) atoms. The summed E-state index contributed by atoms with van der Waals surface area (Å²) in [5.41, 5.74) is 0.218. The maximum absolute atomic E-state index is 13.0. The van der Waals surface area contributed by atoms with Crippen LogP contribution in [-0.4, -0.2) is 57.6 Å². The fraction of sp³-hybridized carbons (Fsp3) is 0.381. The molecule has 0 radical (unpaired) electrons. The van der Waals surface area contributed by atoms with Crippen LogP contribution in [0.25, 0.3) is 0 Å². The lowest BCUT2D eigenvalue weighted by Crippen LogP contribution is -2.40. The van der Waals surface area contributed by atoms with Crippen molar-refractivity contribution in [2.24, 2.45) is 0 Å². The zero-order chi connectivity index (χ0) is 22.4. The highest BCUT2D eigenvalue weighted by atomic mass is 32.2. The molecule has 1 saturated heterocycles. The third-order valence-corrected chi connectivity index (χ3v) is 6.27. The van der Waals surface area contributed by atoms with E-state index in [1.165, 1.54) is 46.8 Å². The molecule has 0 atom stereocenters. The maximum atomic E-state index is 13.0. The van der Waals surface area contributed by atoms with E-state index in [0.717, 1.165) is 0 Å². The van der Waals surface area contributed by atoms with Gasteiger partial charge in [-0.1, -0.05) is 0 Å². The number of hydrogen-bond donors (Lipinski definition) is 1. The van der Waals surface area contributed by atoms with Crippen LogP contribution in [0.4, 0.5) is 10.1 Å². The molecule has 8 nitrogen and oxygen atoms in total. The van der Waals surface area contributed by atoms with Gasteiger partial charge in [-0.2, -0.15) is 4.31 Å². The number of carbonyl (C=O) groups excluding carboxylic acids is 1. The molecule has 2 aromatic rings. The number of halogens is 1. The molecule has 1 heterocycles. The number of amides is 1. The normalized spacial score (nSPS) is 15.0. The summed E-state index contributed by atoms with van der Waals surface area (Å²) in [5.74, 6) is -0.255. The Morgan fingerprint density at radius 1 is 1.16 bits per heavy atom. The molecule has 0 unspecified atom stereocenters. The molecule has 0 saturated carbocycles. The van der Waals surface area contributed by atoms with Crippen LogP contribution in [0.2, 0.25) is 0 Å². The first-order chi connectivity index (χ1) is 14.8. The van der Waals surface area contributed by atoms with Crippen LogP contribution in [0, 0.1) is 5.82 Å². The van der Waals surface area contributed by atoms with Crippen LogP contribution in [0.5, 0.6) is 11.5 Å². The molecule has 1 aliphatic rings. The van der Waals surface area contributed by atoms with E-state index in [1.807, 2.05) is 13.8 Å². The van der Waals surface area contributed by atoms with Gasteiger partial charge < -0.3 is 19.5 Å².